The van der Waals surface area contributed by atoms with Crippen LogP contribution in [0.3, 0.4) is 0 Å². The van der Waals surface area contributed by atoms with E-state index in [1.807, 2.05) is 25.1 Å². The van der Waals surface area contributed by atoms with Crippen LogP contribution >= 0.6 is 0 Å². The molecule has 0 aliphatic rings. The maximum atomic E-state index is 11.5. The minimum absolute atomic E-state index is 0.155. The summed E-state index contributed by atoms with van der Waals surface area (Å²) in [4.78, 5) is 13.6. The Kier molecular flexibility index (Phi) is 5.70. The maximum absolute atomic E-state index is 11.5. The van der Waals surface area contributed by atoms with Crippen molar-refractivity contribution in [3.05, 3.63) is 35.9 Å². The Labute approximate surface area is 103 Å². The van der Waals surface area contributed by atoms with Gasteiger partial charge in [-0.1, -0.05) is 37.3 Å². The van der Waals surface area contributed by atoms with E-state index in [0.29, 0.717) is 13.2 Å². The number of hydrogen-bond donors (Lipinski definition) is 0. The van der Waals surface area contributed by atoms with Crippen LogP contribution in [-0.2, 0) is 9.53 Å². The van der Waals surface area contributed by atoms with Gasteiger partial charge in [-0.2, -0.15) is 0 Å². The van der Waals surface area contributed by atoms with E-state index in [1.165, 1.54) is 5.56 Å². The van der Waals surface area contributed by atoms with E-state index in [4.69, 9.17) is 4.74 Å². The molecule has 0 spiro atoms. The summed E-state index contributed by atoms with van der Waals surface area (Å²) in [6.45, 7) is 7.61. The minimum atomic E-state index is -0.155. The van der Waals surface area contributed by atoms with Gasteiger partial charge in [0.25, 0.3) is 0 Å². The van der Waals surface area contributed by atoms with Gasteiger partial charge in [0, 0.05) is 6.04 Å². The summed E-state index contributed by atoms with van der Waals surface area (Å²) in [5.74, 6) is -0.155. The highest BCUT2D eigenvalue weighted by atomic mass is 16.5. The molecule has 0 N–H and O–H groups in total. The topological polar surface area (TPSA) is 29.5 Å². The van der Waals surface area contributed by atoms with E-state index in [-0.39, 0.29) is 12.0 Å². The van der Waals surface area contributed by atoms with Gasteiger partial charge in [-0.15, -0.1) is 0 Å². The summed E-state index contributed by atoms with van der Waals surface area (Å²) in [5, 5.41) is 0. The van der Waals surface area contributed by atoms with Crippen LogP contribution in [0.1, 0.15) is 32.4 Å². The van der Waals surface area contributed by atoms with Gasteiger partial charge in [0.15, 0.2) is 0 Å². The number of nitrogens with zero attached hydrogens (tertiary/aromatic N) is 1. The second kappa shape index (κ2) is 7.07. The second-order valence-corrected chi connectivity index (χ2v) is 3.95. The number of benzene rings is 1. The molecule has 0 aliphatic carbocycles. The van der Waals surface area contributed by atoms with E-state index in [0.717, 1.165) is 6.54 Å². The average Bonchev–Trinajstić information content (AvgIpc) is 2.36. The van der Waals surface area contributed by atoms with E-state index in [9.17, 15) is 4.79 Å². The predicted molar refractivity (Wildman–Crippen MR) is 68.7 cm³/mol. The summed E-state index contributed by atoms with van der Waals surface area (Å²) >= 11 is 0. The molecular weight excluding hydrogens is 214 g/mol. The van der Waals surface area contributed by atoms with Crippen LogP contribution in [0.2, 0.25) is 0 Å². The van der Waals surface area contributed by atoms with Gasteiger partial charge in [0.05, 0.1) is 13.2 Å². The SMILES string of the molecule is CCOC(=O)CN(CC)[C@H](C)c1ccccc1. The van der Waals surface area contributed by atoms with Gasteiger partial charge in [-0.3, -0.25) is 9.69 Å². The third-order valence-corrected chi connectivity index (χ3v) is 2.87. The average molecular weight is 235 g/mol. The fourth-order valence-corrected chi connectivity index (χ4v) is 1.84. The molecule has 0 fully saturated rings. The standard InChI is InChI=1S/C14H21NO2/c1-4-15(11-14(16)17-5-2)12(3)13-9-7-6-8-10-13/h6-10,12H,4-5,11H2,1-3H3/t12-/m1/s1. The Morgan fingerprint density at radius 3 is 2.47 bits per heavy atom. The van der Waals surface area contributed by atoms with Crippen molar-refractivity contribution in [3.63, 3.8) is 0 Å². The van der Waals surface area contributed by atoms with Gasteiger partial charge in [0.1, 0.15) is 0 Å². The quantitative estimate of drug-likeness (QED) is 0.710. The van der Waals surface area contributed by atoms with Crippen LogP contribution in [0.15, 0.2) is 30.3 Å². The predicted octanol–water partition coefficient (Wildman–Crippen LogP) is 2.63. The lowest BCUT2D eigenvalue weighted by Crippen LogP contribution is -2.33. The molecule has 0 unspecified atom stereocenters. The van der Waals surface area contributed by atoms with Crippen molar-refractivity contribution in [1.29, 1.82) is 0 Å². The van der Waals surface area contributed by atoms with Crippen LogP contribution in [0.5, 0.6) is 0 Å². The molecular formula is C14H21NO2. The monoisotopic (exact) mass is 235 g/mol. The maximum Gasteiger partial charge on any atom is 0.320 e. The zero-order valence-electron chi connectivity index (χ0n) is 10.8. The lowest BCUT2D eigenvalue weighted by molar-refractivity contribution is -0.144. The molecule has 3 nitrogen and oxygen atoms in total. The number of carbonyl (C=O) groups excluding carboxylic acids is 1. The Hall–Kier alpha value is -1.35. The minimum Gasteiger partial charge on any atom is -0.465 e. The first-order valence-electron chi connectivity index (χ1n) is 6.13. The van der Waals surface area contributed by atoms with Crippen molar-refractivity contribution in [2.45, 2.75) is 26.8 Å². The number of ether oxygens (including phenoxy) is 1. The first-order chi connectivity index (χ1) is 8.19. The summed E-state index contributed by atoms with van der Waals surface area (Å²) in [5.41, 5.74) is 1.22. The summed E-state index contributed by atoms with van der Waals surface area (Å²) < 4.78 is 4.98. The summed E-state index contributed by atoms with van der Waals surface area (Å²) in [7, 11) is 0. The number of hydrogen-bond acceptors (Lipinski definition) is 3. The van der Waals surface area contributed by atoms with Crippen LogP contribution in [0.25, 0.3) is 0 Å². The lowest BCUT2D eigenvalue weighted by Gasteiger charge is -2.27. The number of carbonyl (C=O) groups is 1. The zero-order chi connectivity index (χ0) is 12.7. The van der Waals surface area contributed by atoms with Gasteiger partial charge in [-0.05, 0) is 26.0 Å². The largest absolute Gasteiger partial charge is 0.465 e. The summed E-state index contributed by atoms with van der Waals surface area (Å²) in [6.07, 6.45) is 0. The highest BCUT2D eigenvalue weighted by Gasteiger charge is 2.17. The Bertz CT molecular complexity index is 337. The molecule has 0 saturated carbocycles. The van der Waals surface area contributed by atoms with Gasteiger partial charge in [-0.25, -0.2) is 0 Å². The third kappa shape index (κ3) is 4.19. The molecule has 1 rings (SSSR count). The van der Waals surface area contributed by atoms with Crippen molar-refractivity contribution in [2.24, 2.45) is 0 Å². The molecule has 17 heavy (non-hydrogen) atoms. The van der Waals surface area contributed by atoms with Crippen molar-refractivity contribution in [3.8, 4) is 0 Å². The molecule has 0 bridgehead atoms. The van der Waals surface area contributed by atoms with E-state index in [1.54, 1.807) is 0 Å². The number of rotatable bonds is 6. The molecule has 1 aromatic carbocycles. The van der Waals surface area contributed by atoms with E-state index >= 15 is 0 Å². The van der Waals surface area contributed by atoms with Crippen LogP contribution in [-0.4, -0.2) is 30.6 Å². The fraction of sp³-hybridized carbons (Fsp3) is 0.500. The van der Waals surface area contributed by atoms with Crippen LogP contribution in [0, 0.1) is 0 Å². The van der Waals surface area contributed by atoms with Crippen molar-refractivity contribution < 1.29 is 9.53 Å². The Morgan fingerprint density at radius 2 is 1.94 bits per heavy atom. The molecule has 0 saturated heterocycles. The second-order valence-electron chi connectivity index (χ2n) is 3.95. The van der Waals surface area contributed by atoms with Crippen molar-refractivity contribution >= 4 is 5.97 Å². The van der Waals surface area contributed by atoms with Gasteiger partial charge < -0.3 is 4.74 Å². The molecule has 1 aromatic rings. The molecule has 0 heterocycles. The molecule has 94 valence electrons. The Balaban J connectivity index is 2.64. The van der Waals surface area contributed by atoms with E-state index < -0.39 is 0 Å². The third-order valence-electron chi connectivity index (χ3n) is 2.87. The number of likely N-dealkylation sites (N-methyl/N-ethyl adjacent to an activating group) is 1. The van der Waals surface area contributed by atoms with Gasteiger partial charge >= 0.3 is 5.97 Å². The molecule has 3 heteroatoms. The van der Waals surface area contributed by atoms with Gasteiger partial charge in [0.2, 0.25) is 0 Å². The Morgan fingerprint density at radius 1 is 1.29 bits per heavy atom. The zero-order valence-corrected chi connectivity index (χ0v) is 10.8. The smallest absolute Gasteiger partial charge is 0.320 e. The van der Waals surface area contributed by atoms with E-state index in [2.05, 4.69) is 30.9 Å². The molecule has 0 aromatic heterocycles. The normalized spacial score (nSPS) is 12.5. The molecule has 0 radical (unpaired) electrons. The first-order valence-corrected chi connectivity index (χ1v) is 6.13. The summed E-state index contributed by atoms with van der Waals surface area (Å²) in [6, 6.07) is 10.4. The highest BCUT2D eigenvalue weighted by Crippen LogP contribution is 2.19. The van der Waals surface area contributed by atoms with Crippen LogP contribution < -0.4 is 0 Å². The molecule has 0 aliphatic heterocycles. The highest BCUT2D eigenvalue weighted by molar-refractivity contribution is 5.71. The first kappa shape index (κ1) is 13.7. The molecule has 1 atom stereocenters. The van der Waals surface area contributed by atoms with Crippen molar-refractivity contribution in [2.75, 3.05) is 19.7 Å². The lowest BCUT2D eigenvalue weighted by atomic mass is 10.1. The van der Waals surface area contributed by atoms with Crippen molar-refractivity contribution in [1.82, 2.24) is 4.90 Å². The number of esters is 1. The fourth-order valence-electron chi connectivity index (χ4n) is 1.84. The van der Waals surface area contributed by atoms with Crippen LogP contribution in [0.4, 0.5) is 0 Å². The molecule has 0 amide bonds.